The zero-order chi connectivity index (χ0) is 11.8. The SMILES string of the molecule is Nc1cnoc1-c1cnccc1C(F)(F)F. The second-order valence-electron chi connectivity index (χ2n) is 3.03. The molecular weight excluding hydrogens is 223 g/mol. The molecule has 0 aliphatic carbocycles. The second kappa shape index (κ2) is 3.51. The van der Waals surface area contributed by atoms with Crippen molar-refractivity contribution in [2.75, 3.05) is 5.73 Å². The van der Waals surface area contributed by atoms with E-state index in [9.17, 15) is 13.2 Å². The average Bonchev–Trinajstić information content (AvgIpc) is 2.63. The molecular formula is C9H6F3N3O. The van der Waals surface area contributed by atoms with E-state index in [1.165, 1.54) is 0 Å². The van der Waals surface area contributed by atoms with Crippen LogP contribution in [-0.2, 0) is 6.18 Å². The van der Waals surface area contributed by atoms with Gasteiger partial charge in [-0.3, -0.25) is 4.98 Å². The molecule has 4 nitrogen and oxygen atoms in total. The van der Waals surface area contributed by atoms with Crippen LogP contribution in [0.3, 0.4) is 0 Å². The van der Waals surface area contributed by atoms with E-state index < -0.39 is 11.7 Å². The number of hydrogen-bond acceptors (Lipinski definition) is 4. The van der Waals surface area contributed by atoms with Crippen molar-refractivity contribution in [1.82, 2.24) is 10.1 Å². The average molecular weight is 229 g/mol. The molecule has 0 aliphatic rings. The summed E-state index contributed by atoms with van der Waals surface area (Å²) in [5.41, 5.74) is 4.40. The van der Waals surface area contributed by atoms with Crippen LogP contribution in [0, 0.1) is 0 Å². The lowest BCUT2D eigenvalue weighted by Crippen LogP contribution is -2.07. The Kier molecular flexibility index (Phi) is 2.30. The molecule has 0 radical (unpaired) electrons. The van der Waals surface area contributed by atoms with E-state index >= 15 is 0 Å². The number of anilines is 1. The summed E-state index contributed by atoms with van der Waals surface area (Å²) in [6, 6.07) is 0.858. The van der Waals surface area contributed by atoms with E-state index in [2.05, 4.69) is 14.7 Å². The van der Waals surface area contributed by atoms with Gasteiger partial charge in [-0.2, -0.15) is 13.2 Å². The first-order chi connectivity index (χ1) is 7.50. The molecule has 0 unspecified atom stereocenters. The van der Waals surface area contributed by atoms with Crippen molar-refractivity contribution in [3.63, 3.8) is 0 Å². The lowest BCUT2D eigenvalue weighted by Gasteiger charge is -2.09. The topological polar surface area (TPSA) is 64.9 Å². The number of halogens is 3. The first-order valence-electron chi connectivity index (χ1n) is 4.22. The molecule has 2 N–H and O–H groups in total. The molecule has 0 aromatic carbocycles. The summed E-state index contributed by atoms with van der Waals surface area (Å²) < 4.78 is 42.6. The quantitative estimate of drug-likeness (QED) is 0.815. The van der Waals surface area contributed by atoms with Crippen LogP contribution in [0.1, 0.15) is 5.56 Å². The number of nitrogen functional groups attached to an aromatic ring is 1. The van der Waals surface area contributed by atoms with Crippen molar-refractivity contribution in [1.29, 1.82) is 0 Å². The van der Waals surface area contributed by atoms with E-state index in [1.807, 2.05) is 0 Å². The lowest BCUT2D eigenvalue weighted by molar-refractivity contribution is -0.137. The van der Waals surface area contributed by atoms with Crippen molar-refractivity contribution >= 4 is 5.69 Å². The summed E-state index contributed by atoms with van der Waals surface area (Å²) in [7, 11) is 0. The van der Waals surface area contributed by atoms with Crippen LogP contribution in [0.15, 0.2) is 29.2 Å². The first-order valence-corrected chi connectivity index (χ1v) is 4.22. The molecule has 0 saturated carbocycles. The molecule has 0 bridgehead atoms. The fourth-order valence-corrected chi connectivity index (χ4v) is 1.27. The van der Waals surface area contributed by atoms with Crippen molar-refractivity contribution in [2.45, 2.75) is 6.18 Å². The van der Waals surface area contributed by atoms with Gasteiger partial charge in [0.2, 0.25) is 0 Å². The molecule has 2 aromatic rings. The van der Waals surface area contributed by atoms with E-state index in [-0.39, 0.29) is 17.0 Å². The van der Waals surface area contributed by atoms with Gasteiger partial charge >= 0.3 is 6.18 Å². The second-order valence-corrected chi connectivity index (χ2v) is 3.03. The molecule has 2 aromatic heterocycles. The lowest BCUT2D eigenvalue weighted by atomic mass is 10.1. The Hall–Kier alpha value is -2.05. The molecule has 0 fully saturated rings. The van der Waals surface area contributed by atoms with Gasteiger partial charge in [-0.05, 0) is 6.07 Å². The molecule has 0 spiro atoms. The summed E-state index contributed by atoms with van der Waals surface area (Å²) in [6.45, 7) is 0. The van der Waals surface area contributed by atoms with Gasteiger partial charge in [0.05, 0.1) is 17.3 Å². The highest BCUT2D eigenvalue weighted by Gasteiger charge is 2.35. The van der Waals surface area contributed by atoms with E-state index in [4.69, 9.17) is 5.73 Å². The highest BCUT2D eigenvalue weighted by Crippen LogP contribution is 2.37. The summed E-state index contributed by atoms with van der Waals surface area (Å²) in [5.74, 6) is -0.125. The van der Waals surface area contributed by atoms with Gasteiger partial charge in [0.25, 0.3) is 0 Å². The number of aromatic nitrogens is 2. The summed E-state index contributed by atoms with van der Waals surface area (Å²) in [5, 5.41) is 3.33. The third-order valence-electron chi connectivity index (χ3n) is 1.97. The van der Waals surface area contributed by atoms with E-state index in [0.29, 0.717) is 0 Å². The van der Waals surface area contributed by atoms with Crippen molar-refractivity contribution in [3.05, 3.63) is 30.2 Å². The summed E-state index contributed by atoms with van der Waals surface area (Å²) in [6.07, 6.45) is -1.25. The molecule has 0 atom stereocenters. The number of nitrogens with zero attached hydrogens (tertiary/aromatic N) is 2. The minimum atomic E-state index is -4.49. The smallest absolute Gasteiger partial charge is 0.394 e. The van der Waals surface area contributed by atoms with Crippen LogP contribution in [0.2, 0.25) is 0 Å². The predicted octanol–water partition coefficient (Wildman–Crippen LogP) is 2.34. The maximum absolute atomic E-state index is 12.6. The fraction of sp³-hybridized carbons (Fsp3) is 0.111. The third-order valence-corrected chi connectivity index (χ3v) is 1.97. The maximum atomic E-state index is 12.6. The monoisotopic (exact) mass is 229 g/mol. The molecule has 0 saturated heterocycles. The Bertz CT molecular complexity index is 507. The van der Waals surface area contributed by atoms with Gasteiger partial charge in [0, 0.05) is 12.4 Å². The van der Waals surface area contributed by atoms with Crippen LogP contribution in [0.5, 0.6) is 0 Å². The highest BCUT2D eigenvalue weighted by molar-refractivity contribution is 5.72. The predicted molar refractivity (Wildman–Crippen MR) is 49.1 cm³/mol. The molecule has 0 aliphatic heterocycles. The molecule has 7 heteroatoms. The number of rotatable bonds is 1. The van der Waals surface area contributed by atoms with Crippen LogP contribution < -0.4 is 5.73 Å². The molecule has 0 amide bonds. The normalized spacial score (nSPS) is 11.7. The zero-order valence-corrected chi connectivity index (χ0v) is 7.82. The Morgan fingerprint density at radius 3 is 2.56 bits per heavy atom. The number of pyridine rings is 1. The van der Waals surface area contributed by atoms with E-state index in [0.717, 1.165) is 24.7 Å². The number of alkyl halides is 3. The van der Waals surface area contributed by atoms with Crippen LogP contribution in [0.4, 0.5) is 18.9 Å². The van der Waals surface area contributed by atoms with Gasteiger partial charge in [-0.15, -0.1) is 0 Å². The van der Waals surface area contributed by atoms with Crippen molar-refractivity contribution in [2.24, 2.45) is 0 Å². The Balaban J connectivity index is 2.62. The molecule has 2 rings (SSSR count). The highest BCUT2D eigenvalue weighted by atomic mass is 19.4. The van der Waals surface area contributed by atoms with Gasteiger partial charge in [0.15, 0.2) is 5.76 Å². The van der Waals surface area contributed by atoms with Gasteiger partial charge < -0.3 is 10.3 Å². The molecule has 16 heavy (non-hydrogen) atoms. The number of hydrogen-bond donors (Lipinski definition) is 1. The van der Waals surface area contributed by atoms with Crippen molar-refractivity contribution in [3.8, 4) is 11.3 Å². The fourth-order valence-electron chi connectivity index (χ4n) is 1.27. The largest absolute Gasteiger partial charge is 0.417 e. The van der Waals surface area contributed by atoms with Gasteiger partial charge in [-0.25, -0.2) is 0 Å². The molecule has 2 heterocycles. The van der Waals surface area contributed by atoms with E-state index in [1.54, 1.807) is 0 Å². The van der Waals surface area contributed by atoms with Crippen LogP contribution >= 0.6 is 0 Å². The van der Waals surface area contributed by atoms with Crippen LogP contribution in [0.25, 0.3) is 11.3 Å². The Morgan fingerprint density at radius 2 is 2.00 bits per heavy atom. The van der Waals surface area contributed by atoms with Gasteiger partial charge in [0.1, 0.15) is 5.69 Å². The Morgan fingerprint density at radius 1 is 1.25 bits per heavy atom. The number of nitrogens with two attached hydrogens (primary N) is 1. The van der Waals surface area contributed by atoms with Gasteiger partial charge in [-0.1, -0.05) is 5.16 Å². The standard InChI is InChI=1S/C9H6F3N3O/c10-9(11,12)6-1-2-14-3-5(6)8-7(13)4-15-16-8/h1-4H,13H2. The first kappa shape index (κ1) is 10.5. The summed E-state index contributed by atoms with van der Waals surface area (Å²) in [4.78, 5) is 3.61. The van der Waals surface area contributed by atoms with Crippen LogP contribution in [-0.4, -0.2) is 10.1 Å². The zero-order valence-electron chi connectivity index (χ0n) is 7.82. The van der Waals surface area contributed by atoms with Crippen molar-refractivity contribution < 1.29 is 17.7 Å². The Labute approximate surface area is 87.9 Å². The minimum Gasteiger partial charge on any atom is -0.394 e. The molecule has 84 valence electrons. The summed E-state index contributed by atoms with van der Waals surface area (Å²) >= 11 is 0. The maximum Gasteiger partial charge on any atom is 0.417 e. The third kappa shape index (κ3) is 1.71. The minimum absolute atomic E-state index is 0.0403.